The summed E-state index contributed by atoms with van der Waals surface area (Å²) in [5.41, 5.74) is 0.979. The van der Waals surface area contributed by atoms with Crippen molar-refractivity contribution in [3.05, 3.63) is 23.9 Å². The number of aliphatic hydroxyl groups is 1. The summed E-state index contributed by atoms with van der Waals surface area (Å²) in [5.74, 6) is 2.10. The van der Waals surface area contributed by atoms with Crippen LogP contribution in [0.5, 0.6) is 0 Å². The molecule has 3 N–H and O–H groups in total. The lowest BCUT2D eigenvalue weighted by molar-refractivity contribution is 0.218. The lowest BCUT2D eigenvalue weighted by Gasteiger charge is -2.31. The van der Waals surface area contributed by atoms with Gasteiger partial charge in [0.15, 0.2) is 0 Å². The van der Waals surface area contributed by atoms with Crippen LogP contribution < -0.4 is 15.5 Å². The molecule has 6 heteroatoms. The molecule has 1 aliphatic rings. The molecule has 25 heavy (non-hydrogen) atoms. The summed E-state index contributed by atoms with van der Waals surface area (Å²) in [6, 6.07) is 3.83. The summed E-state index contributed by atoms with van der Waals surface area (Å²) in [7, 11) is 0. The SMILES string of the molecule is CC1CCN(c2ccc(CNC(=O)NC(CCO)C(C)C)cn2)CC1. The molecule has 1 fully saturated rings. The Kier molecular flexibility index (Phi) is 7.50. The van der Waals surface area contributed by atoms with Gasteiger partial charge in [0.25, 0.3) is 0 Å². The van der Waals surface area contributed by atoms with E-state index in [4.69, 9.17) is 5.11 Å². The number of nitrogens with zero attached hydrogens (tertiary/aromatic N) is 2. The van der Waals surface area contributed by atoms with Crippen LogP contribution in [0.3, 0.4) is 0 Å². The topological polar surface area (TPSA) is 77.5 Å². The standard InChI is InChI=1S/C19H32N4O2/c1-14(2)17(8-11-24)22-19(25)21-13-16-4-5-18(20-12-16)23-9-6-15(3)7-10-23/h4-5,12,14-15,17,24H,6-11,13H2,1-3H3,(H2,21,22,25). The average molecular weight is 348 g/mol. The number of carbonyl (C=O) groups is 1. The first kappa shape index (κ1) is 19.5. The first-order valence-electron chi connectivity index (χ1n) is 9.34. The number of urea groups is 1. The third kappa shape index (κ3) is 6.20. The van der Waals surface area contributed by atoms with Gasteiger partial charge in [0.2, 0.25) is 0 Å². The number of rotatable bonds is 7. The number of hydrogen-bond acceptors (Lipinski definition) is 4. The maximum Gasteiger partial charge on any atom is 0.315 e. The van der Waals surface area contributed by atoms with Gasteiger partial charge in [-0.05, 0) is 42.7 Å². The van der Waals surface area contributed by atoms with E-state index in [1.807, 2.05) is 32.2 Å². The van der Waals surface area contributed by atoms with Crippen molar-refractivity contribution >= 4 is 11.8 Å². The molecule has 1 saturated heterocycles. The molecule has 1 atom stereocenters. The summed E-state index contributed by atoms with van der Waals surface area (Å²) >= 11 is 0. The lowest BCUT2D eigenvalue weighted by Crippen LogP contribution is -2.44. The Hall–Kier alpha value is -1.82. The number of pyridine rings is 1. The van der Waals surface area contributed by atoms with Gasteiger partial charge in [-0.3, -0.25) is 0 Å². The summed E-state index contributed by atoms with van der Waals surface area (Å²) in [5, 5.41) is 14.8. The second-order valence-electron chi connectivity index (χ2n) is 7.38. The van der Waals surface area contributed by atoms with Crippen molar-refractivity contribution in [2.45, 2.75) is 52.6 Å². The molecule has 0 aliphatic carbocycles. The van der Waals surface area contributed by atoms with Crippen LogP contribution in [0.4, 0.5) is 10.6 Å². The number of nitrogens with one attached hydrogen (secondary N) is 2. The van der Waals surface area contributed by atoms with Crippen molar-refractivity contribution in [3.8, 4) is 0 Å². The van der Waals surface area contributed by atoms with Gasteiger partial charge in [-0.25, -0.2) is 9.78 Å². The Bertz CT molecular complexity index is 525. The van der Waals surface area contributed by atoms with Crippen LogP contribution in [0.15, 0.2) is 18.3 Å². The minimum Gasteiger partial charge on any atom is -0.396 e. The van der Waals surface area contributed by atoms with Gasteiger partial charge >= 0.3 is 6.03 Å². The van der Waals surface area contributed by atoms with Crippen molar-refractivity contribution in [3.63, 3.8) is 0 Å². The minimum atomic E-state index is -0.207. The average Bonchev–Trinajstić information content (AvgIpc) is 2.61. The minimum absolute atomic E-state index is 0.0213. The quantitative estimate of drug-likeness (QED) is 0.708. The smallest absolute Gasteiger partial charge is 0.315 e. The molecular weight excluding hydrogens is 316 g/mol. The predicted octanol–water partition coefficient (Wildman–Crippen LogP) is 2.52. The van der Waals surface area contributed by atoms with E-state index < -0.39 is 0 Å². The highest BCUT2D eigenvalue weighted by atomic mass is 16.3. The third-order valence-corrected chi connectivity index (χ3v) is 4.93. The number of aromatic nitrogens is 1. The molecule has 1 aromatic rings. The van der Waals surface area contributed by atoms with E-state index in [0.29, 0.717) is 13.0 Å². The fourth-order valence-electron chi connectivity index (χ4n) is 3.06. The van der Waals surface area contributed by atoms with E-state index in [9.17, 15) is 4.79 Å². The Morgan fingerprint density at radius 1 is 1.36 bits per heavy atom. The maximum absolute atomic E-state index is 12.0. The van der Waals surface area contributed by atoms with Crippen molar-refractivity contribution in [1.82, 2.24) is 15.6 Å². The molecule has 2 amide bonds. The van der Waals surface area contributed by atoms with E-state index in [1.165, 1.54) is 12.8 Å². The van der Waals surface area contributed by atoms with Gasteiger partial charge in [0.1, 0.15) is 5.82 Å². The third-order valence-electron chi connectivity index (χ3n) is 4.93. The second kappa shape index (κ2) is 9.61. The summed E-state index contributed by atoms with van der Waals surface area (Å²) in [6.07, 6.45) is 4.84. The molecule has 1 aliphatic heterocycles. The van der Waals surface area contributed by atoms with Crippen molar-refractivity contribution in [2.24, 2.45) is 11.8 Å². The highest BCUT2D eigenvalue weighted by Gasteiger charge is 2.17. The van der Waals surface area contributed by atoms with Crippen LogP contribution in [-0.2, 0) is 6.54 Å². The summed E-state index contributed by atoms with van der Waals surface area (Å²) in [4.78, 5) is 18.9. The molecule has 6 nitrogen and oxygen atoms in total. The van der Waals surface area contributed by atoms with Crippen LogP contribution in [0.25, 0.3) is 0 Å². The number of aliphatic hydroxyl groups excluding tert-OH is 1. The first-order valence-corrected chi connectivity index (χ1v) is 9.34. The zero-order valence-corrected chi connectivity index (χ0v) is 15.7. The van der Waals surface area contributed by atoms with Crippen LogP contribution in [0, 0.1) is 11.8 Å². The molecule has 140 valence electrons. The number of anilines is 1. The van der Waals surface area contributed by atoms with E-state index in [-0.39, 0.29) is 24.6 Å². The molecule has 0 saturated carbocycles. The van der Waals surface area contributed by atoms with E-state index in [1.54, 1.807) is 0 Å². The van der Waals surface area contributed by atoms with Gasteiger partial charge in [-0.2, -0.15) is 0 Å². The maximum atomic E-state index is 12.0. The molecule has 2 rings (SSSR count). The van der Waals surface area contributed by atoms with Crippen molar-refractivity contribution < 1.29 is 9.90 Å². The molecule has 1 unspecified atom stereocenters. The molecule has 0 bridgehead atoms. The predicted molar refractivity (Wildman–Crippen MR) is 101 cm³/mol. The second-order valence-corrected chi connectivity index (χ2v) is 7.38. The zero-order chi connectivity index (χ0) is 18.2. The largest absolute Gasteiger partial charge is 0.396 e. The molecule has 0 spiro atoms. The number of carbonyl (C=O) groups excluding carboxylic acids is 1. The molecule has 1 aromatic heterocycles. The van der Waals surface area contributed by atoms with Crippen LogP contribution >= 0.6 is 0 Å². The Morgan fingerprint density at radius 3 is 2.64 bits per heavy atom. The fraction of sp³-hybridized carbons (Fsp3) is 0.684. The molecular formula is C19H32N4O2. The zero-order valence-electron chi connectivity index (χ0n) is 15.7. The summed E-state index contributed by atoms with van der Waals surface area (Å²) in [6.45, 7) is 9.01. The highest BCUT2D eigenvalue weighted by Crippen LogP contribution is 2.21. The molecule has 0 aromatic carbocycles. The number of amides is 2. The van der Waals surface area contributed by atoms with Crippen LogP contribution in [-0.4, -0.2) is 41.9 Å². The van der Waals surface area contributed by atoms with Crippen LogP contribution in [0.1, 0.15) is 45.6 Å². The van der Waals surface area contributed by atoms with Gasteiger partial charge in [0.05, 0.1) is 0 Å². The Balaban J connectivity index is 1.80. The van der Waals surface area contributed by atoms with Gasteiger partial charge in [-0.1, -0.05) is 26.8 Å². The fourth-order valence-corrected chi connectivity index (χ4v) is 3.06. The van der Waals surface area contributed by atoms with Crippen molar-refractivity contribution in [2.75, 3.05) is 24.6 Å². The van der Waals surface area contributed by atoms with E-state index in [0.717, 1.165) is 30.4 Å². The van der Waals surface area contributed by atoms with E-state index in [2.05, 4.69) is 27.4 Å². The lowest BCUT2D eigenvalue weighted by atomic mass is 9.99. The summed E-state index contributed by atoms with van der Waals surface area (Å²) < 4.78 is 0. The normalized spacial score (nSPS) is 16.8. The van der Waals surface area contributed by atoms with Gasteiger partial charge in [-0.15, -0.1) is 0 Å². The first-order chi connectivity index (χ1) is 12.0. The van der Waals surface area contributed by atoms with Crippen molar-refractivity contribution in [1.29, 1.82) is 0 Å². The van der Waals surface area contributed by atoms with Gasteiger partial charge in [0, 0.05) is 38.5 Å². The van der Waals surface area contributed by atoms with Crippen LogP contribution in [0.2, 0.25) is 0 Å². The molecule has 2 heterocycles. The van der Waals surface area contributed by atoms with Gasteiger partial charge < -0.3 is 20.6 Å². The molecule has 0 radical (unpaired) electrons. The highest BCUT2D eigenvalue weighted by molar-refractivity contribution is 5.74. The number of hydrogen-bond donors (Lipinski definition) is 3. The Labute approximate surface area is 151 Å². The monoisotopic (exact) mass is 348 g/mol. The van der Waals surface area contributed by atoms with E-state index >= 15 is 0 Å². The number of piperidine rings is 1. The Morgan fingerprint density at radius 2 is 2.08 bits per heavy atom.